The third-order valence-corrected chi connectivity index (χ3v) is 6.36. The summed E-state index contributed by atoms with van der Waals surface area (Å²) in [7, 11) is -4.28. The molecule has 1 amide bonds. The van der Waals surface area contributed by atoms with Gasteiger partial charge in [0, 0.05) is 43.3 Å². The summed E-state index contributed by atoms with van der Waals surface area (Å²) in [6.45, 7) is 6.48. The molecule has 1 heterocycles. The molecule has 7 nitrogen and oxygen atoms in total. The number of rotatable bonds is 7. The number of aryl methyl sites for hydroxylation is 2. The molecule has 2 aromatic rings. The van der Waals surface area contributed by atoms with E-state index in [4.69, 9.17) is 20.9 Å². The maximum atomic E-state index is 13.7. The quantitative estimate of drug-likeness (QED) is 0.607. The standard InChI is InChI=1S/C22H26ClFN2O5S/c1-15-10-20(24)16(2)9-17(15)12-25-5-7-26(8-6-25)22(27)13-31-21-4-3-19(23)11-18(21)14-32(28,29)30/h3-4,9-11H,5-8,12-14H2,1-2H3,(H,28,29,30). The van der Waals surface area contributed by atoms with Crippen LogP contribution in [0.2, 0.25) is 5.02 Å². The first-order valence-electron chi connectivity index (χ1n) is 10.1. The lowest BCUT2D eigenvalue weighted by atomic mass is 10.0. The average Bonchev–Trinajstić information content (AvgIpc) is 2.70. The lowest BCUT2D eigenvalue weighted by molar-refractivity contribution is -0.135. The fourth-order valence-electron chi connectivity index (χ4n) is 3.64. The number of hydrogen-bond acceptors (Lipinski definition) is 5. The smallest absolute Gasteiger partial charge is 0.269 e. The van der Waals surface area contributed by atoms with Gasteiger partial charge in [0.1, 0.15) is 17.3 Å². The van der Waals surface area contributed by atoms with E-state index >= 15 is 0 Å². The monoisotopic (exact) mass is 484 g/mol. The summed E-state index contributed by atoms with van der Waals surface area (Å²) in [6, 6.07) is 7.79. The molecule has 0 saturated carbocycles. The third kappa shape index (κ3) is 6.65. The van der Waals surface area contributed by atoms with Crippen molar-refractivity contribution in [3.63, 3.8) is 0 Å². The Morgan fingerprint density at radius 3 is 2.44 bits per heavy atom. The van der Waals surface area contributed by atoms with Gasteiger partial charge in [0.15, 0.2) is 6.61 Å². The molecule has 0 radical (unpaired) electrons. The zero-order valence-electron chi connectivity index (χ0n) is 18.0. The molecule has 0 spiro atoms. The Kier molecular flexibility index (Phi) is 7.76. The number of carbonyl (C=O) groups excluding carboxylic acids is 1. The van der Waals surface area contributed by atoms with Gasteiger partial charge in [-0.15, -0.1) is 0 Å². The highest BCUT2D eigenvalue weighted by Crippen LogP contribution is 2.25. The molecule has 3 rings (SSSR count). The number of piperazine rings is 1. The van der Waals surface area contributed by atoms with Crippen molar-refractivity contribution in [2.24, 2.45) is 0 Å². The minimum atomic E-state index is -4.28. The van der Waals surface area contributed by atoms with Crippen LogP contribution >= 0.6 is 11.6 Å². The van der Waals surface area contributed by atoms with Gasteiger partial charge in [0.2, 0.25) is 0 Å². The largest absolute Gasteiger partial charge is 0.483 e. The molecule has 1 saturated heterocycles. The molecule has 0 atom stereocenters. The van der Waals surface area contributed by atoms with Gasteiger partial charge in [-0.3, -0.25) is 14.2 Å². The Morgan fingerprint density at radius 1 is 1.09 bits per heavy atom. The minimum absolute atomic E-state index is 0.182. The average molecular weight is 485 g/mol. The van der Waals surface area contributed by atoms with E-state index in [-0.39, 0.29) is 29.6 Å². The van der Waals surface area contributed by atoms with E-state index in [9.17, 15) is 17.6 Å². The second kappa shape index (κ2) is 10.2. The van der Waals surface area contributed by atoms with Crippen molar-refractivity contribution in [2.75, 3.05) is 32.8 Å². The van der Waals surface area contributed by atoms with E-state index in [1.165, 1.54) is 18.2 Å². The van der Waals surface area contributed by atoms with Crippen molar-refractivity contribution in [3.8, 4) is 5.75 Å². The summed E-state index contributed by atoms with van der Waals surface area (Å²) in [5, 5.41) is 0.296. The molecular weight excluding hydrogens is 459 g/mol. The Hall–Kier alpha value is -2.20. The Labute approximate surface area is 192 Å². The van der Waals surface area contributed by atoms with Crippen molar-refractivity contribution in [1.29, 1.82) is 0 Å². The molecule has 1 N–H and O–H groups in total. The Balaban J connectivity index is 1.54. The zero-order chi connectivity index (χ0) is 23.5. The third-order valence-electron chi connectivity index (χ3n) is 5.45. The van der Waals surface area contributed by atoms with Crippen LogP contribution in [0, 0.1) is 19.7 Å². The van der Waals surface area contributed by atoms with E-state index in [2.05, 4.69) is 4.90 Å². The molecule has 1 aliphatic rings. The minimum Gasteiger partial charge on any atom is -0.483 e. The molecule has 10 heteroatoms. The fourth-order valence-corrected chi connectivity index (χ4v) is 4.45. The van der Waals surface area contributed by atoms with Crippen molar-refractivity contribution in [3.05, 3.63) is 63.4 Å². The number of carbonyl (C=O) groups is 1. The maximum absolute atomic E-state index is 13.7. The van der Waals surface area contributed by atoms with Crippen LogP contribution in [-0.2, 0) is 27.2 Å². The van der Waals surface area contributed by atoms with Crippen molar-refractivity contribution in [1.82, 2.24) is 9.80 Å². The van der Waals surface area contributed by atoms with Crippen LogP contribution in [0.3, 0.4) is 0 Å². The number of benzene rings is 2. The maximum Gasteiger partial charge on any atom is 0.269 e. The van der Waals surface area contributed by atoms with Crippen LogP contribution in [0.4, 0.5) is 4.39 Å². The van der Waals surface area contributed by atoms with Gasteiger partial charge in [-0.05, 0) is 54.8 Å². The normalized spacial score (nSPS) is 15.1. The van der Waals surface area contributed by atoms with Crippen molar-refractivity contribution in [2.45, 2.75) is 26.1 Å². The second-order valence-electron chi connectivity index (χ2n) is 7.95. The van der Waals surface area contributed by atoms with Gasteiger partial charge in [0.05, 0.1) is 0 Å². The number of ether oxygens (including phenoxy) is 1. The number of hydrogen-bond donors (Lipinski definition) is 1. The predicted molar refractivity (Wildman–Crippen MR) is 120 cm³/mol. The Bertz CT molecular complexity index is 1100. The van der Waals surface area contributed by atoms with Gasteiger partial charge in [0.25, 0.3) is 16.0 Å². The molecule has 32 heavy (non-hydrogen) atoms. The molecular formula is C22H26ClFN2O5S. The molecule has 1 fully saturated rings. The lowest BCUT2D eigenvalue weighted by Gasteiger charge is -2.35. The molecule has 1 aliphatic heterocycles. The summed E-state index contributed by atoms with van der Waals surface area (Å²) in [4.78, 5) is 16.5. The van der Waals surface area contributed by atoms with Crippen LogP contribution in [0.1, 0.15) is 22.3 Å². The van der Waals surface area contributed by atoms with Gasteiger partial charge < -0.3 is 9.64 Å². The van der Waals surface area contributed by atoms with Crippen molar-refractivity contribution >= 4 is 27.6 Å². The summed E-state index contributed by atoms with van der Waals surface area (Å²) in [5.74, 6) is -0.896. The summed E-state index contributed by atoms with van der Waals surface area (Å²) in [5.41, 5.74) is 2.78. The molecule has 0 unspecified atom stereocenters. The fraction of sp³-hybridized carbons (Fsp3) is 0.409. The van der Waals surface area contributed by atoms with E-state index in [1.807, 2.05) is 13.0 Å². The van der Waals surface area contributed by atoms with E-state index in [0.717, 1.165) is 11.1 Å². The van der Waals surface area contributed by atoms with Crippen LogP contribution < -0.4 is 4.74 Å². The van der Waals surface area contributed by atoms with Gasteiger partial charge in [-0.2, -0.15) is 8.42 Å². The van der Waals surface area contributed by atoms with Gasteiger partial charge in [-0.1, -0.05) is 17.7 Å². The molecule has 0 bridgehead atoms. The van der Waals surface area contributed by atoms with Crippen LogP contribution in [0.5, 0.6) is 5.75 Å². The summed E-state index contributed by atoms with van der Waals surface area (Å²) in [6.07, 6.45) is 0. The first kappa shape index (κ1) is 24.4. The van der Waals surface area contributed by atoms with Crippen LogP contribution in [0.25, 0.3) is 0 Å². The van der Waals surface area contributed by atoms with Crippen LogP contribution in [0.15, 0.2) is 30.3 Å². The first-order chi connectivity index (χ1) is 15.0. The molecule has 174 valence electrons. The summed E-state index contributed by atoms with van der Waals surface area (Å²) < 4.78 is 50.8. The highest BCUT2D eigenvalue weighted by Gasteiger charge is 2.23. The SMILES string of the molecule is Cc1cc(CN2CCN(C(=O)COc3ccc(Cl)cc3CS(=O)(=O)O)CC2)c(C)cc1F. The van der Waals surface area contributed by atoms with Gasteiger partial charge in [-0.25, -0.2) is 4.39 Å². The number of nitrogens with zero attached hydrogens (tertiary/aromatic N) is 2. The number of amides is 1. The topological polar surface area (TPSA) is 87.2 Å². The lowest BCUT2D eigenvalue weighted by Crippen LogP contribution is -2.49. The first-order valence-corrected chi connectivity index (χ1v) is 12.1. The van der Waals surface area contributed by atoms with Crippen molar-refractivity contribution < 1.29 is 26.9 Å². The molecule has 0 aliphatic carbocycles. The highest BCUT2D eigenvalue weighted by molar-refractivity contribution is 7.85. The predicted octanol–water partition coefficient (Wildman–Crippen LogP) is 3.21. The highest BCUT2D eigenvalue weighted by atomic mass is 35.5. The van der Waals surface area contributed by atoms with E-state index in [1.54, 1.807) is 17.9 Å². The van der Waals surface area contributed by atoms with E-state index < -0.39 is 15.9 Å². The number of halogens is 2. The summed E-state index contributed by atoms with van der Waals surface area (Å²) >= 11 is 5.90. The van der Waals surface area contributed by atoms with Gasteiger partial charge >= 0.3 is 0 Å². The van der Waals surface area contributed by atoms with Crippen LogP contribution in [-0.4, -0.2) is 61.5 Å². The second-order valence-corrected chi connectivity index (χ2v) is 9.84. The van der Waals surface area contributed by atoms with E-state index in [0.29, 0.717) is 43.3 Å². The zero-order valence-corrected chi connectivity index (χ0v) is 19.5. The molecule has 0 aromatic heterocycles. The molecule has 2 aromatic carbocycles. The Morgan fingerprint density at radius 2 is 1.78 bits per heavy atom.